The fraction of sp³-hybridized carbons (Fsp3) is 0.600. The van der Waals surface area contributed by atoms with Gasteiger partial charge in [0, 0.05) is 6.04 Å². The number of nitrogens with one attached hydrogen (secondary N) is 1. The maximum Gasteiger partial charge on any atom is 0.231 e. The molecule has 2 N–H and O–H groups in total. The predicted molar refractivity (Wildman–Crippen MR) is 80.0 cm³/mol. The van der Waals surface area contributed by atoms with Gasteiger partial charge in [0.1, 0.15) is 0 Å². The summed E-state index contributed by atoms with van der Waals surface area (Å²) in [6, 6.07) is 3.92. The monoisotopic (exact) mass is 341 g/mol. The highest BCUT2D eigenvalue weighted by atomic mass is 79.9. The zero-order valence-electron chi connectivity index (χ0n) is 11.6. The third-order valence-corrected chi connectivity index (χ3v) is 4.88. The minimum Gasteiger partial charge on any atom is -0.454 e. The first-order valence-electron chi connectivity index (χ1n) is 7.19. The Morgan fingerprint density at radius 2 is 2.30 bits per heavy atom. The van der Waals surface area contributed by atoms with E-state index in [1.807, 2.05) is 12.1 Å². The maximum atomic E-state index is 10.6. The maximum absolute atomic E-state index is 10.6. The summed E-state index contributed by atoms with van der Waals surface area (Å²) in [6.45, 7) is 3.44. The van der Waals surface area contributed by atoms with Crippen LogP contribution in [0.4, 0.5) is 0 Å². The van der Waals surface area contributed by atoms with Crippen LogP contribution in [0, 0.1) is 5.92 Å². The number of piperidine rings is 1. The van der Waals surface area contributed by atoms with E-state index in [4.69, 9.17) is 9.47 Å². The Morgan fingerprint density at radius 3 is 3.10 bits per heavy atom. The van der Waals surface area contributed by atoms with Crippen LogP contribution >= 0.6 is 15.9 Å². The van der Waals surface area contributed by atoms with Crippen molar-refractivity contribution in [1.29, 1.82) is 0 Å². The second-order valence-electron chi connectivity index (χ2n) is 5.54. The normalized spacial score (nSPS) is 26.6. The van der Waals surface area contributed by atoms with Crippen molar-refractivity contribution in [1.82, 2.24) is 5.32 Å². The number of ether oxygens (including phenoxy) is 2. The lowest BCUT2D eigenvalue weighted by molar-refractivity contribution is 0.0976. The Labute approximate surface area is 127 Å². The number of aliphatic hydroxyl groups is 1. The molecule has 5 heteroatoms. The SMILES string of the molecule is CCC1CCNC(C(O)c2cc(Br)c3c(c2)OCO3)C1. The highest BCUT2D eigenvalue weighted by Crippen LogP contribution is 2.42. The van der Waals surface area contributed by atoms with Crippen LogP contribution in [-0.2, 0) is 0 Å². The van der Waals surface area contributed by atoms with Gasteiger partial charge in [0.15, 0.2) is 11.5 Å². The zero-order chi connectivity index (χ0) is 14.1. The van der Waals surface area contributed by atoms with Crippen molar-refractivity contribution in [2.75, 3.05) is 13.3 Å². The molecule has 1 aromatic carbocycles. The van der Waals surface area contributed by atoms with Crippen LogP contribution in [0.25, 0.3) is 0 Å². The van der Waals surface area contributed by atoms with Crippen molar-refractivity contribution in [2.45, 2.75) is 38.3 Å². The van der Waals surface area contributed by atoms with Gasteiger partial charge in [0.25, 0.3) is 0 Å². The van der Waals surface area contributed by atoms with Gasteiger partial charge in [-0.2, -0.15) is 0 Å². The van der Waals surface area contributed by atoms with Crippen molar-refractivity contribution in [3.63, 3.8) is 0 Å². The quantitative estimate of drug-likeness (QED) is 0.887. The zero-order valence-corrected chi connectivity index (χ0v) is 13.1. The fourth-order valence-electron chi connectivity index (χ4n) is 3.03. The largest absolute Gasteiger partial charge is 0.454 e. The third-order valence-electron chi connectivity index (χ3n) is 4.30. The molecule has 4 nitrogen and oxygen atoms in total. The molecule has 110 valence electrons. The first-order chi connectivity index (χ1) is 9.69. The molecule has 2 aliphatic rings. The Balaban J connectivity index is 1.80. The molecular formula is C15H20BrNO3. The van der Waals surface area contributed by atoms with Gasteiger partial charge in [-0.15, -0.1) is 0 Å². The van der Waals surface area contributed by atoms with E-state index < -0.39 is 6.10 Å². The molecular weight excluding hydrogens is 322 g/mol. The summed E-state index contributed by atoms with van der Waals surface area (Å²) in [5.41, 5.74) is 0.871. The molecule has 3 unspecified atom stereocenters. The van der Waals surface area contributed by atoms with Gasteiger partial charge in [-0.1, -0.05) is 13.3 Å². The summed E-state index contributed by atoms with van der Waals surface area (Å²) < 4.78 is 11.6. The average molecular weight is 342 g/mol. The molecule has 1 aromatic rings. The van der Waals surface area contributed by atoms with Crippen molar-refractivity contribution in [3.8, 4) is 11.5 Å². The highest BCUT2D eigenvalue weighted by molar-refractivity contribution is 9.10. The van der Waals surface area contributed by atoms with E-state index in [2.05, 4.69) is 28.2 Å². The first-order valence-corrected chi connectivity index (χ1v) is 7.98. The number of aliphatic hydroxyl groups excluding tert-OH is 1. The molecule has 0 spiro atoms. The van der Waals surface area contributed by atoms with Crippen LogP contribution in [-0.4, -0.2) is 24.5 Å². The summed E-state index contributed by atoms with van der Waals surface area (Å²) in [5.74, 6) is 2.13. The van der Waals surface area contributed by atoms with Gasteiger partial charge in [0.05, 0.1) is 10.6 Å². The lowest BCUT2D eigenvalue weighted by atomic mass is 9.86. The Bertz CT molecular complexity index is 494. The third kappa shape index (κ3) is 2.67. The minimum absolute atomic E-state index is 0.112. The number of rotatable bonds is 3. The molecule has 2 heterocycles. The number of hydrogen-bond donors (Lipinski definition) is 2. The molecule has 0 saturated carbocycles. The van der Waals surface area contributed by atoms with Crippen LogP contribution in [0.15, 0.2) is 16.6 Å². The van der Waals surface area contributed by atoms with Crippen molar-refractivity contribution >= 4 is 15.9 Å². The van der Waals surface area contributed by atoms with Crippen molar-refractivity contribution < 1.29 is 14.6 Å². The number of benzene rings is 1. The summed E-state index contributed by atoms with van der Waals surface area (Å²) in [7, 11) is 0. The van der Waals surface area contributed by atoms with E-state index in [-0.39, 0.29) is 12.8 Å². The van der Waals surface area contributed by atoms with Crippen LogP contribution in [0.5, 0.6) is 11.5 Å². The summed E-state index contributed by atoms with van der Waals surface area (Å²) in [5, 5.41) is 14.1. The molecule has 1 fully saturated rings. The fourth-order valence-corrected chi connectivity index (χ4v) is 3.61. The van der Waals surface area contributed by atoms with Crippen LogP contribution < -0.4 is 14.8 Å². The summed E-state index contributed by atoms with van der Waals surface area (Å²) >= 11 is 3.48. The molecule has 0 amide bonds. The lowest BCUT2D eigenvalue weighted by Crippen LogP contribution is -2.42. The molecule has 0 bridgehead atoms. The van der Waals surface area contributed by atoms with Crippen molar-refractivity contribution in [2.24, 2.45) is 5.92 Å². The Morgan fingerprint density at radius 1 is 1.45 bits per heavy atom. The molecule has 1 saturated heterocycles. The van der Waals surface area contributed by atoms with E-state index >= 15 is 0 Å². The molecule has 0 aromatic heterocycles. The molecule has 0 aliphatic carbocycles. The summed E-state index contributed by atoms with van der Waals surface area (Å²) in [4.78, 5) is 0. The number of hydrogen-bond acceptors (Lipinski definition) is 4. The van der Waals surface area contributed by atoms with Crippen molar-refractivity contribution in [3.05, 3.63) is 22.2 Å². The van der Waals surface area contributed by atoms with E-state index in [1.54, 1.807) is 0 Å². The van der Waals surface area contributed by atoms with Gasteiger partial charge in [0.2, 0.25) is 6.79 Å². The minimum atomic E-state index is -0.518. The summed E-state index contributed by atoms with van der Waals surface area (Å²) in [6.07, 6.45) is 2.87. The first kappa shape index (κ1) is 14.2. The van der Waals surface area contributed by atoms with E-state index in [0.29, 0.717) is 11.7 Å². The Hall–Kier alpha value is -0.780. The molecule has 0 radical (unpaired) electrons. The van der Waals surface area contributed by atoms with Crippen LogP contribution in [0.3, 0.4) is 0 Å². The second-order valence-corrected chi connectivity index (χ2v) is 6.39. The average Bonchev–Trinajstić information content (AvgIpc) is 2.95. The van der Waals surface area contributed by atoms with E-state index in [1.165, 1.54) is 12.8 Å². The molecule has 2 aliphatic heterocycles. The number of fused-ring (bicyclic) bond motifs is 1. The Kier molecular flexibility index (Phi) is 4.19. The highest BCUT2D eigenvalue weighted by Gasteiger charge is 2.29. The second kappa shape index (κ2) is 5.92. The van der Waals surface area contributed by atoms with E-state index in [0.717, 1.165) is 28.8 Å². The van der Waals surface area contributed by atoms with Gasteiger partial charge in [-0.25, -0.2) is 0 Å². The molecule has 3 atom stereocenters. The lowest BCUT2D eigenvalue weighted by Gasteiger charge is -2.33. The predicted octanol–water partition coefficient (Wildman–Crippen LogP) is 2.99. The standard InChI is InChI=1S/C15H20BrNO3/c1-2-9-3-4-17-12(5-9)14(18)10-6-11(16)15-13(7-10)19-8-20-15/h6-7,9,12,14,17-18H,2-5,8H2,1H3. The topological polar surface area (TPSA) is 50.7 Å². The molecule has 3 rings (SSSR count). The van der Waals surface area contributed by atoms with Crippen LogP contribution in [0.2, 0.25) is 0 Å². The smallest absolute Gasteiger partial charge is 0.231 e. The van der Waals surface area contributed by atoms with Gasteiger partial charge in [-0.05, 0) is 58.9 Å². The van der Waals surface area contributed by atoms with Gasteiger partial charge >= 0.3 is 0 Å². The molecule has 20 heavy (non-hydrogen) atoms. The van der Waals surface area contributed by atoms with Crippen LogP contribution in [0.1, 0.15) is 37.9 Å². The van der Waals surface area contributed by atoms with E-state index in [9.17, 15) is 5.11 Å². The van der Waals surface area contributed by atoms with Gasteiger partial charge in [-0.3, -0.25) is 0 Å². The van der Waals surface area contributed by atoms with Gasteiger partial charge < -0.3 is 19.9 Å². The number of halogens is 1.